The van der Waals surface area contributed by atoms with Crippen LogP contribution in [0.1, 0.15) is 18.4 Å². The second-order valence-electron chi connectivity index (χ2n) is 7.30. The van der Waals surface area contributed by atoms with Crippen molar-refractivity contribution in [1.82, 2.24) is 13.9 Å². The van der Waals surface area contributed by atoms with Crippen LogP contribution in [0.3, 0.4) is 0 Å². The molecule has 1 amide bonds. The summed E-state index contributed by atoms with van der Waals surface area (Å²) in [4.78, 5) is 17.0. The van der Waals surface area contributed by atoms with Crippen molar-refractivity contribution >= 4 is 33.4 Å². The number of hydrogen-bond donors (Lipinski definition) is 1. The van der Waals surface area contributed by atoms with Gasteiger partial charge in [0.05, 0.1) is 10.6 Å². The number of imidazole rings is 1. The van der Waals surface area contributed by atoms with Gasteiger partial charge in [-0.25, -0.2) is 13.4 Å². The van der Waals surface area contributed by atoms with E-state index in [4.69, 9.17) is 0 Å². The lowest BCUT2D eigenvalue weighted by atomic mass is 10.2. The molecule has 0 saturated carbocycles. The van der Waals surface area contributed by atoms with E-state index in [0.29, 0.717) is 25.3 Å². The van der Waals surface area contributed by atoms with Crippen molar-refractivity contribution in [2.24, 2.45) is 0 Å². The molecule has 2 aromatic carbocycles. The highest BCUT2D eigenvalue weighted by molar-refractivity contribution is 7.99. The standard InChI is InChI=1S/C22H24N4O3S2/c27-21(17-30-22-23-11-14-25(22)16-18-7-2-1-3-8-18)24-19-9-6-10-20(15-19)31(28,29)26-12-4-5-13-26/h1-3,6-11,14-15H,4-5,12-13,16-17H2,(H,24,27). The van der Waals surface area contributed by atoms with Crippen molar-refractivity contribution in [1.29, 1.82) is 0 Å². The summed E-state index contributed by atoms with van der Waals surface area (Å²) in [7, 11) is -3.52. The Kier molecular flexibility index (Phi) is 6.74. The van der Waals surface area contributed by atoms with Gasteiger partial charge in [-0.3, -0.25) is 4.79 Å². The fraction of sp³-hybridized carbons (Fsp3) is 0.273. The van der Waals surface area contributed by atoms with E-state index in [9.17, 15) is 13.2 Å². The van der Waals surface area contributed by atoms with Crippen LogP contribution < -0.4 is 5.32 Å². The van der Waals surface area contributed by atoms with Crippen LogP contribution in [0.4, 0.5) is 5.69 Å². The number of amides is 1. The van der Waals surface area contributed by atoms with Gasteiger partial charge in [-0.05, 0) is 36.6 Å². The monoisotopic (exact) mass is 456 g/mol. The average Bonchev–Trinajstić information content (AvgIpc) is 3.46. The first-order valence-corrected chi connectivity index (χ1v) is 12.5. The summed E-state index contributed by atoms with van der Waals surface area (Å²) in [5.74, 6) is -0.0375. The molecule has 1 fully saturated rings. The molecule has 0 aliphatic carbocycles. The molecule has 0 atom stereocenters. The summed E-state index contributed by atoms with van der Waals surface area (Å²) in [6, 6.07) is 16.5. The Hall–Kier alpha value is -2.62. The molecular formula is C22H24N4O3S2. The van der Waals surface area contributed by atoms with Crippen LogP contribution in [0.15, 0.2) is 77.0 Å². The summed E-state index contributed by atoms with van der Waals surface area (Å²) < 4.78 is 29.0. The van der Waals surface area contributed by atoms with E-state index in [1.54, 1.807) is 24.4 Å². The van der Waals surface area contributed by atoms with Crippen LogP contribution in [-0.4, -0.2) is 47.0 Å². The van der Waals surface area contributed by atoms with Gasteiger partial charge in [0.2, 0.25) is 15.9 Å². The van der Waals surface area contributed by atoms with Crippen molar-refractivity contribution in [2.75, 3.05) is 24.2 Å². The van der Waals surface area contributed by atoms with Crippen LogP contribution in [0.5, 0.6) is 0 Å². The van der Waals surface area contributed by atoms with E-state index in [1.807, 2.05) is 41.1 Å². The molecule has 0 radical (unpaired) electrons. The topological polar surface area (TPSA) is 84.3 Å². The zero-order valence-corrected chi connectivity index (χ0v) is 18.6. The first-order chi connectivity index (χ1) is 15.0. The Balaban J connectivity index is 1.36. The van der Waals surface area contributed by atoms with Crippen LogP contribution in [-0.2, 0) is 21.4 Å². The summed E-state index contributed by atoms with van der Waals surface area (Å²) in [5, 5.41) is 3.55. The molecule has 4 rings (SSSR count). The maximum atomic E-state index is 12.7. The number of rotatable bonds is 8. The van der Waals surface area contributed by atoms with Gasteiger partial charge in [-0.15, -0.1) is 0 Å². The van der Waals surface area contributed by atoms with Crippen LogP contribution in [0.2, 0.25) is 0 Å². The Morgan fingerprint density at radius 2 is 1.84 bits per heavy atom. The number of hydrogen-bond acceptors (Lipinski definition) is 5. The normalized spacial score (nSPS) is 14.6. The molecule has 1 aliphatic heterocycles. The molecule has 3 aromatic rings. The fourth-order valence-corrected chi connectivity index (χ4v) is 5.80. The molecule has 0 spiro atoms. The van der Waals surface area contributed by atoms with Gasteiger partial charge in [-0.2, -0.15) is 4.31 Å². The Morgan fingerprint density at radius 1 is 1.06 bits per heavy atom. The highest BCUT2D eigenvalue weighted by atomic mass is 32.2. The number of aromatic nitrogens is 2. The summed E-state index contributed by atoms with van der Waals surface area (Å²) >= 11 is 1.34. The van der Waals surface area contributed by atoms with Gasteiger partial charge < -0.3 is 9.88 Å². The van der Waals surface area contributed by atoms with Gasteiger partial charge in [0.1, 0.15) is 0 Å². The molecular weight excluding hydrogens is 432 g/mol. The lowest BCUT2D eigenvalue weighted by Gasteiger charge is -2.16. The van der Waals surface area contributed by atoms with E-state index in [2.05, 4.69) is 10.3 Å². The Labute approximate surface area is 186 Å². The van der Waals surface area contributed by atoms with Crippen molar-refractivity contribution in [3.8, 4) is 0 Å². The van der Waals surface area contributed by atoms with Gasteiger partial charge in [0, 0.05) is 37.7 Å². The first kappa shape index (κ1) is 21.6. The number of thioether (sulfide) groups is 1. The number of carbonyl (C=O) groups excluding carboxylic acids is 1. The number of sulfonamides is 1. The van der Waals surface area contributed by atoms with Crippen LogP contribution in [0.25, 0.3) is 0 Å². The number of nitrogens with one attached hydrogen (secondary N) is 1. The molecule has 2 heterocycles. The van der Waals surface area contributed by atoms with Crippen molar-refractivity contribution in [3.63, 3.8) is 0 Å². The lowest BCUT2D eigenvalue weighted by Crippen LogP contribution is -2.28. The van der Waals surface area contributed by atoms with Gasteiger partial charge in [-0.1, -0.05) is 48.2 Å². The smallest absolute Gasteiger partial charge is 0.243 e. The fourth-order valence-electron chi connectivity index (χ4n) is 3.48. The highest BCUT2D eigenvalue weighted by Crippen LogP contribution is 2.23. The maximum Gasteiger partial charge on any atom is 0.243 e. The third-order valence-electron chi connectivity index (χ3n) is 5.03. The van der Waals surface area contributed by atoms with Crippen LogP contribution >= 0.6 is 11.8 Å². The molecule has 1 aromatic heterocycles. The summed E-state index contributed by atoms with van der Waals surface area (Å²) in [6.45, 7) is 1.78. The van der Waals surface area contributed by atoms with E-state index < -0.39 is 10.0 Å². The van der Waals surface area contributed by atoms with Gasteiger partial charge >= 0.3 is 0 Å². The third kappa shape index (κ3) is 5.36. The lowest BCUT2D eigenvalue weighted by molar-refractivity contribution is -0.113. The molecule has 1 aliphatic rings. The number of carbonyl (C=O) groups is 1. The van der Waals surface area contributed by atoms with Crippen molar-refractivity contribution in [3.05, 3.63) is 72.6 Å². The predicted molar refractivity (Wildman–Crippen MR) is 122 cm³/mol. The second-order valence-corrected chi connectivity index (χ2v) is 10.2. The molecule has 0 bridgehead atoms. The summed E-state index contributed by atoms with van der Waals surface area (Å²) in [6.07, 6.45) is 5.37. The zero-order chi connectivity index (χ0) is 21.7. The van der Waals surface area contributed by atoms with Gasteiger partial charge in [0.25, 0.3) is 0 Å². The average molecular weight is 457 g/mol. The zero-order valence-electron chi connectivity index (χ0n) is 17.0. The highest BCUT2D eigenvalue weighted by Gasteiger charge is 2.27. The molecule has 7 nitrogen and oxygen atoms in total. The predicted octanol–water partition coefficient (Wildman–Crippen LogP) is 3.45. The Bertz CT molecular complexity index is 1140. The molecule has 1 saturated heterocycles. The molecule has 162 valence electrons. The maximum absolute atomic E-state index is 12.7. The molecule has 1 N–H and O–H groups in total. The van der Waals surface area contributed by atoms with Gasteiger partial charge in [0.15, 0.2) is 5.16 Å². The largest absolute Gasteiger partial charge is 0.325 e. The van der Waals surface area contributed by atoms with Crippen LogP contribution in [0, 0.1) is 0 Å². The van der Waals surface area contributed by atoms with E-state index in [-0.39, 0.29) is 16.6 Å². The van der Waals surface area contributed by atoms with Crippen molar-refractivity contribution in [2.45, 2.75) is 29.4 Å². The minimum absolute atomic E-state index is 0.176. The number of benzene rings is 2. The SMILES string of the molecule is O=C(CSc1nccn1Cc1ccccc1)Nc1cccc(S(=O)(=O)N2CCCC2)c1. The number of anilines is 1. The molecule has 0 unspecified atom stereocenters. The van der Waals surface area contributed by atoms with E-state index in [0.717, 1.165) is 23.6 Å². The molecule has 31 heavy (non-hydrogen) atoms. The quantitative estimate of drug-likeness (QED) is 0.525. The third-order valence-corrected chi connectivity index (χ3v) is 7.93. The summed E-state index contributed by atoms with van der Waals surface area (Å²) in [5.41, 5.74) is 1.63. The van der Waals surface area contributed by atoms with E-state index in [1.165, 1.54) is 22.1 Å². The first-order valence-electron chi connectivity index (χ1n) is 10.1. The Morgan fingerprint density at radius 3 is 2.61 bits per heavy atom. The van der Waals surface area contributed by atoms with E-state index >= 15 is 0 Å². The van der Waals surface area contributed by atoms with Crippen molar-refractivity contribution < 1.29 is 13.2 Å². The second kappa shape index (κ2) is 9.67. The minimum Gasteiger partial charge on any atom is -0.325 e. The minimum atomic E-state index is -3.52. The number of nitrogens with zero attached hydrogens (tertiary/aromatic N) is 3. The molecule has 9 heteroatoms.